The highest BCUT2D eigenvalue weighted by atomic mass is 16.4. The molecule has 0 saturated heterocycles. The standard InChI is InChI=1S/C18H17NO2/c1-10-8-12-9-15(18(20)21)16(11-6-7-11)19-17(12)14-5-3-2-4-13(10)14/h2-5,9-11H,6-8H2,1H3,(H,20,21). The number of aromatic carboxylic acids is 1. The molecule has 3 heteroatoms. The second-order valence-electron chi connectivity index (χ2n) is 6.20. The van der Waals surface area contributed by atoms with Crippen molar-refractivity contribution in [3.63, 3.8) is 0 Å². The van der Waals surface area contributed by atoms with Gasteiger partial charge in [0.25, 0.3) is 0 Å². The van der Waals surface area contributed by atoms with Gasteiger partial charge in [0, 0.05) is 11.5 Å². The van der Waals surface area contributed by atoms with Crippen molar-refractivity contribution in [3.8, 4) is 11.3 Å². The third kappa shape index (κ3) is 1.96. The maximum absolute atomic E-state index is 11.5. The molecule has 2 aliphatic carbocycles. The minimum Gasteiger partial charge on any atom is -0.478 e. The molecular formula is C18H17NO2. The van der Waals surface area contributed by atoms with Crippen LogP contribution in [0.15, 0.2) is 30.3 Å². The Balaban J connectivity index is 1.96. The summed E-state index contributed by atoms with van der Waals surface area (Å²) in [5.41, 5.74) is 5.75. The van der Waals surface area contributed by atoms with E-state index >= 15 is 0 Å². The molecule has 1 N–H and O–H groups in total. The van der Waals surface area contributed by atoms with Crippen molar-refractivity contribution in [1.82, 2.24) is 4.98 Å². The van der Waals surface area contributed by atoms with Gasteiger partial charge in [0.2, 0.25) is 0 Å². The zero-order chi connectivity index (χ0) is 14.6. The number of aromatic nitrogens is 1. The van der Waals surface area contributed by atoms with Gasteiger partial charge in [0.1, 0.15) is 0 Å². The lowest BCUT2D eigenvalue weighted by atomic mass is 9.81. The molecule has 1 atom stereocenters. The first-order valence-corrected chi connectivity index (χ1v) is 7.51. The summed E-state index contributed by atoms with van der Waals surface area (Å²) >= 11 is 0. The average Bonchev–Trinajstić information content (AvgIpc) is 3.31. The quantitative estimate of drug-likeness (QED) is 0.904. The molecule has 2 aromatic rings. The SMILES string of the molecule is CC1Cc2cc(C(=O)O)c(C3CC3)nc2-c2ccccc21. The zero-order valence-electron chi connectivity index (χ0n) is 12.0. The highest BCUT2D eigenvalue weighted by Gasteiger charge is 2.32. The fourth-order valence-electron chi connectivity index (χ4n) is 3.38. The van der Waals surface area contributed by atoms with Crippen LogP contribution in [0.2, 0.25) is 0 Å². The summed E-state index contributed by atoms with van der Waals surface area (Å²) in [4.78, 5) is 16.3. The number of benzene rings is 1. The Morgan fingerprint density at radius 2 is 2.05 bits per heavy atom. The Kier molecular flexibility index (Phi) is 2.64. The van der Waals surface area contributed by atoms with Gasteiger partial charge in [-0.3, -0.25) is 4.98 Å². The fraction of sp³-hybridized carbons (Fsp3) is 0.333. The molecule has 0 aliphatic heterocycles. The second-order valence-corrected chi connectivity index (χ2v) is 6.20. The molecule has 3 nitrogen and oxygen atoms in total. The van der Waals surface area contributed by atoms with E-state index in [-0.39, 0.29) is 0 Å². The van der Waals surface area contributed by atoms with E-state index in [0.717, 1.165) is 36.2 Å². The van der Waals surface area contributed by atoms with Crippen molar-refractivity contribution in [2.75, 3.05) is 0 Å². The largest absolute Gasteiger partial charge is 0.478 e. The van der Waals surface area contributed by atoms with E-state index in [4.69, 9.17) is 4.98 Å². The summed E-state index contributed by atoms with van der Waals surface area (Å²) in [6.07, 6.45) is 2.98. The molecule has 1 saturated carbocycles. The third-order valence-electron chi connectivity index (χ3n) is 4.60. The van der Waals surface area contributed by atoms with E-state index in [1.807, 2.05) is 12.1 Å². The summed E-state index contributed by atoms with van der Waals surface area (Å²) in [6.45, 7) is 2.19. The minimum atomic E-state index is -0.848. The molecule has 1 fully saturated rings. The van der Waals surface area contributed by atoms with Crippen molar-refractivity contribution in [1.29, 1.82) is 0 Å². The van der Waals surface area contributed by atoms with Crippen molar-refractivity contribution >= 4 is 5.97 Å². The van der Waals surface area contributed by atoms with Crippen LogP contribution in [0.5, 0.6) is 0 Å². The van der Waals surface area contributed by atoms with Crippen LogP contribution in [0, 0.1) is 0 Å². The van der Waals surface area contributed by atoms with Crippen LogP contribution >= 0.6 is 0 Å². The van der Waals surface area contributed by atoms with Gasteiger partial charge in [-0.25, -0.2) is 4.79 Å². The normalized spacial score (nSPS) is 19.8. The number of carbonyl (C=O) groups is 1. The molecule has 1 aromatic heterocycles. The molecule has 0 bridgehead atoms. The van der Waals surface area contributed by atoms with E-state index < -0.39 is 5.97 Å². The van der Waals surface area contributed by atoms with Crippen LogP contribution in [0.4, 0.5) is 0 Å². The maximum Gasteiger partial charge on any atom is 0.337 e. The number of hydrogen-bond donors (Lipinski definition) is 1. The Labute approximate surface area is 123 Å². The number of fused-ring (bicyclic) bond motifs is 3. The molecule has 1 heterocycles. The fourth-order valence-corrected chi connectivity index (χ4v) is 3.38. The van der Waals surface area contributed by atoms with Crippen LogP contribution < -0.4 is 0 Å². The van der Waals surface area contributed by atoms with E-state index in [2.05, 4.69) is 25.1 Å². The maximum atomic E-state index is 11.5. The predicted molar refractivity (Wildman–Crippen MR) is 80.7 cm³/mol. The smallest absolute Gasteiger partial charge is 0.337 e. The molecule has 2 aliphatic rings. The van der Waals surface area contributed by atoms with Gasteiger partial charge in [0.05, 0.1) is 17.0 Å². The third-order valence-corrected chi connectivity index (χ3v) is 4.60. The average molecular weight is 279 g/mol. The number of rotatable bonds is 2. The highest BCUT2D eigenvalue weighted by Crippen LogP contribution is 2.44. The predicted octanol–water partition coefficient (Wildman–Crippen LogP) is 3.98. The Morgan fingerprint density at radius 3 is 2.76 bits per heavy atom. The van der Waals surface area contributed by atoms with Crippen LogP contribution in [0.1, 0.15) is 58.8 Å². The van der Waals surface area contributed by atoms with E-state index in [9.17, 15) is 9.90 Å². The molecule has 4 rings (SSSR count). The highest BCUT2D eigenvalue weighted by molar-refractivity contribution is 5.90. The summed E-state index contributed by atoms with van der Waals surface area (Å²) < 4.78 is 0. The molecular weight excluding hydrogens is 262 g/mol. The summed E-state index contributed by atoms with van der Waals surface area (Å²) in [5, 5.41) is 9.47. The van der Waals surface area contributed by atoms with Crippen LogP contribution in [-0.2, 0) is 6.42 Å². The number of nitrogens with zero attached hydrogens (tertiary/aromatic N) is 1. The molecule has 1 unspecified atom stereocenters. The number of carboxylic acid groups (broad SMARTS) is 1. The van der Waals surface area contributed by atoms with Gasteiger partial charge in [-0.05, 0) is 42.4 Å². The lowest BCUT2D eigenvalue weighted by molar-refractivity contribution is 0.0695. The molecule has 0 amide bonds. The van der Waals surface area contributed by atoms with E-state index in [1.165, 1.54) is 11.1 Å². The minimum absolute atomic E-state index is 0.341. The van der Waals surface area contributed by atoms with Crippen LogP contribution in [0.3, 0.4) is 0 Å². The van der Waals surface area contributed by atoms with Gasteiger partial charge in [-0.15, -0.1) is 0 Å². The topological polar surface area (TPSA) is 50.2 Å². The number of pyridine rings is 1. The van der Waals surface area contributed by atoms with Crippen LogP contribution in [-0.4, -0.2) is 16.1 Å². The first-order valence-electron chi connectivity index (χ1n) is 7.51. The number of carboxylic acids is 1. The van der Waals surface area contributed by atoms with Crippen LogP contribution in [0.25, 0.3) is 11.3 Å². The van der Waals surface area contributed by atoms with E-state index in [0.29, 0.717) is 17.4 Å². The van der Waals surface area contributed by atoms with Crippen molar-refractivity contribution in [2.24, 2.45) is 0 Å². The van der Waals surface area contributed by atoms with Crippen molar-refractivity contribution < 1.29 is 9.90 Å². The van der Waals surface area contributed by atoms with Crippen molar-refractivity contribution in [3.05, 3.63) is 52.7 Å². The second kappa shape index (κ2) is 4.42. The van der Waals surface area contributed by atoms with Gasteiger partial charge in [-0.2, -0.15) is 0 Å². The van der Waals surface area contributed by atoms with Gasteiger partial charge in [0.15, 0.2) is 0 Å². The first kappa shape index (κ1) is 12.6. The van der Waals surface area contributed by atoms with Gasteiger partial charge in [-0.1, -0.05) is 31.2 Å². The summed E-state index contributed by atoms with van der Waals surface area (Å²) in [7, 11) is 0. The summed E-state index contributed by atoms with van der Waals surface area (Å²) in [5.74, 6) is -0.101. The first-order chi connectivity index (χ1) is 10.1. The van der Waals surface area contributed by atoms with Gasteiger partial charge < -0.3 is 5.11 Å². The molecule has 106 valence electrons. The Bertz CT molecular complexity index is 747. The van der Waals surface area contributed by atoms with E-state index in [1.54, 1.807) is 0 Å². The summed E-state index contributed by atoms with van der Waals surface area (Å²) in [6, 6.07) is 10.2. The van der Waals surface area contributed by atoms with Gasteiger partial charge >= 0.3 is 5.97 Å². The Hall–Kier alpha value is -2.16. The molecule has 21 heavy (non-hydrogen) atoms. The van der Waals surface area contributed by atoms with Crippen molar-refractivity contribution in [2.45, 2.75) is 38.0 Å². The molecule has 0 spiro atoms. The zero-order valence-corrected chi connectivity index (χ0v) is 12.0. The molecule has 0 radical (unpaired) electrons. The number of hydrogen-bond acceptors (Lipinski definition) is 2. The lowest BCUT2D eigenvalue weighted by Crippen LogP contribution is -2.14. The molecule has 1 aromatic carbocycles. The Morgan fingerprint density at radius 1 is 1.29 bits per heavy atom. The monoisotopic (exact) mass is 279 g/mol. The lowest BCUT2D eigenvalue weighted by Gasteiger charge is -2.25.